The molecular weight excluding hydrogens is 493 g/mol. The Labute approximate surface area is 187 Å². The van der Waals surface area contributed by atoms with Crippen LogP contribution in [-0.2, 0) is 13.1 Å². The number of nitrogens with zero attached hydrogens (tertiary/aromatic N) is 2. The Hall–Kier alpha value is -2.30. The number of guanidine groups is 1. The lowest BCUT2D eigenvalue weighted by molar-refractivity contribution is -0.0504. The van der Waals surface area contributed by atoms with E-state index in [0.717, 1.165) is 11.3 Å². The second-order valence-corrected chi connectivity index (χ2v) is 6.19. The molecular formula is C20H27F2IN4O2. The number of hydrogen-bond acceptors (Lipinski definition) is 4. The van der Waals surface area contributed by atoms with Crippen molar-refractivity contribution in [2.75, 3.05) is 33.2 Å². The average molecular weight is 520 g/mol. The monoisotopic (exact) mass is 520 g/mol. The highest BCUT2D eigenvalue weighted by atomic mass is 127. The van der Waals surface area contributed by atoms with Crippen molar-refractivity contribution >= 4 is 35.6 Å². The van der Waals surface area contributed by atoms with Crippen LogP contribution in [0.25, 0.3) is 0 Å². The molecule has 2 rings (SSSR count). The second-order valence-electron chi connectivity index (χ2n) is 6.19. The van der Waals surface area contributed by atoms with Crippen molar-refractivity contribution in [3.8, 4) is 11.5 Å². The fourth-order valence-corrected chi connectivity index (χ4v) is 2.53. The van der Waals surface area contributed by atoms with E-state index >= 15 is 0 Å². The summed E-state index contributed by atoms with van der Waals surface area (Å²) >= 11 is 0. The molecule has 0 saturated carbocycles. The van der Waals surface area contributed by atoms with E-state index in [-0.39, 0.29) is 36.3 Å². The summed E-state index contributed by atoms with van der Waals surface area (Å²) in [6.45, 7) is -2.07. The van der Waals surface area contributed by atoms with Gasteiger partial charge in [-0.25, -0.2) is 0 Å². The van der Waals surface area contributed by atoms with Crippen molar-refractivity contribution < 1.29 is 18.3 Å². The van der Waals surface area contributed by atoms with Crippen LogP contribution in [0.2, 0.25) is 0 Å². The lowest BCUT2D eigenvalue weighted by atomic mass is 10.2. The first-order valence-corrected chi connectivity index (χ1v) is 8.75. The zero-order chi connectivity index (χ0) is 20.5. The van der Waals surface area contributed by atoms with Crippen molar-refractivity contribution in [2.24, 2.45) is 4.99 Å². The van der Waals surface area contributed by atoms with E-state index < -0.39 is 6.61 Å². The van der Waals surface area contributed by atoms with Gasteiger partial charge >= 0.3 is 6.61 Å². The van der Waals surface area contributed by atoms with E-state index in [4.69, 9.17) is 4.74 Å². The smallest absolute Gasteiger partial charge is 0.387 e. The Balaban J connectivity index is 0.00000420. The maximum Gasteiger partial charge on any atom is 0.387 e. The molecule has 0 amide bonds. The summed E-state index contributed by atoms with van der Waals surface area (Å²) in [6, 6.07) is 12.8. The second kappa shape index (κ2) is 12.3. The molecule has 0 aliphatic rings. The van der Waals surface area contributed by atoms with Crippen LogP contribution in [0.5, 0.6) is 11.5 Å². The molecule has 0 heterocycles. The van der Waals surface area contributed by atoms with Crippen LogP contribution in [0.1, 0.15) is 11.1 Å². The molecule has 0 unspecified atom stereocenters. The van der Waals surface area contributed by atoms with Gasteiger partial charge in [0.15, 0.2) is 5.96 Å². The normalized spacial score (nSPS) is 10.9. The van der Waals surface area contributed by atoms with E-state index in [1.165, 1.54) is 13.2 Å². The summed E-state index contributed by atoms with van der Waals surface area (Å²) in [5.41, 5.74) is 2.76. The van der Waals surface area contributed by atoms with E-state index in [1.807, 2.05) is 43.3 Å². The van der Waals surface area contributed by atoms with Crippen molar-refractivity contribution in [1.82, 2.24) is 10.6 Å². The van der Waals surface area contributed by atoms with Crippen LogP contribution in [0, 0.1) is 0 Å². The van der Waals surface area contributed by atoms with E-state index in [0.29, 0.717) is 23.8 Å². The van der Waals surface area contributed by atoms with Crippen LogP contribution in [0.3, 0.4) is 0 Å². The van der Waals surface area contributed by atoms with E-state index in [1.54, 1.807) is 19.2 Å². The Morgan fingerprint density at radius 1 is 1.07 bits per heavy atom. The summed E-state index contributed by atoms with van der Waals surface area (Å²) in [5, 5.41) is 6.30. The third-order valence-electron chi connectivity index (χ3n) is 4.07. The van der Waals surface area contributed by atoms with Crippen LogP contribution in [0.4, 0.5) is 14.5 Å². The Kier molecular flexibility index (Phi) is 10.5. The van der Waals surface area contributed by atoms with Crippen LogP contribution in [0.15, 0.2) is 47.5 Å². The minimum atomic E-state index is -2.89. The molecule has 9 heteroatoms. The maximum atomic E-state index is 12.6. The minimum absolute atomic E-state index is 0. The number of aliphatic imine (C=N–C) groups is 1. The quantitative estimate of drug-likeness (QED) is 0.315. The fourth-order valence-electron chi connectivity index (χ4n) is 2.53. The lowest BCUT2D eigenvalue weighted by Crippen LogP contribution is -2.36. The summed E-state index contributed by atoms with van der Waals surface area (Å²) in [5.74, 6) is 1.20. The highest BCUT2D eigenvalue weighted by Crippen LogP contribution is 2.25. The number of hydrogen-bond donors (Lipinski definition) is 2. The van der Waals surface area contributed by atoms with Crippen LogP contribution in [-0.4, -0.2) is 40.8 Å². The third-order valence-corrected chi connectivity index (χ3v) is 4.07. The number of nitrogens with one attached hydrogen (secondary N) is 2. The molecule has 0 aromatic heterocycles. The molecule has 2 N–H and O–H groups in total. The molecule has 0 atom stereocenters. The summed E-state index contributed by atoms with van der Waals surface area (Å²) in [7, 11) is 7.14. The number of benzene rings is 2. The van der Waals surface area contributed by atoms with Gasteiger partial charge in [-0.3, -0.25) is 4.99 Å². The number of halogens is 3. The first kappa shape index (κ1) is 24.7. The van der Waals surface area contributed by atoms with E-state index in [2.05, 4.69) is 20.4 Å². The number of ether oxygens (including phenoxy) is 2. The Morgan fingerprint density at radius 2 is 1.72 bits per heavy atom. The van der Waals surface area contributed by atoms with Gasteiger partial charge in [-0.1, -0.05) is 12.1 Å². The summed E-state index contributed by atoms with van der Waals surface area (Å²) in [6.07, 6.45) is 0. The molecule has 0 aliphatic heterocycles. The predicted octanol–water partition coefficient (Wildman–Crippen LogP) is 3.85. The first-order valence-electron chi connectivity index (χ1n) is 8.75. The van der Waals surface area contributed by atoms with Gasteiger partial charge < -0.3 is 25.0 Å². The lowest BCUT2D eigenvalue weighted by Gasteiger charge is -2.16. The topological polar surface area (TPSA) is 58.1 Å². The number of rotatable bonds is 8. The molecule has 2 aromatic rings. The first-order chi connectivity index (χ1) is 13.4. The molecule has 0 bridgehead atoms. The minimum Gasteiger partial charge on any atom is -0.497 e. The molecule has 0 fully saturated rings. The number of alkyl halides is 2. The van der Waals surface area contributed by atoms with Gasteiger partial charge in [0.2, 0.25) is 0 Å². The highest BCUT2D eigenvalue weighted by Gasteiger charge is 2.11. The molecule has 6 nitrogen and oxygen atoms in total. The van der Waals surface area contributed by atoms with Crippen molar-refractivity contribution in [2.45, 2.75) is 19.7 Å². The molecule has 0 saturated heterocycles. The zero-order valence-electron chi connectivity index (χ0n) is 16.9. The third kappa shape index (κ3) is 7.92. The summed E-state index contributed by atoms with van der Waals surface area (Å²) < 4.78 is 35.0. The van der Waals surface area contributed by atoms with Gasteiger partial charge in [0.1, 0.15) is 11.5 Å². The molecule has 0 spiro atoms. The fraction of sp³-hybridized carbons (Fsp3) is 0.350. The standard InChI is InChI=1S/C20H26F2N4O2.HI/c1-23-20(24-12-14-5-7-16(8-6-14)26(2)3)25-13-15-11-17(27-4)9-10-18(15)28-19(21)22;/h5-11,19H,12-13H2,1-4H3,(H2,23,24,25);1H. The van der Waals surface area contributed by atoms with Gasteiger partial charge in [-0.2, -0.15) is 8.78 Å². The largest absolute Gasteiger partial charge is 0.497 e. The number of anilines is 1. The Bertz CT molecular complexity index is 787. The molecule has 160 valence electrons. The van der Waals surface area contributed by atoms with Crippen molar-refractivity contribution in [3.05, 3.63) is 53.6 Å². The van der Waals surface area contributed by atoms with Crippen LogP contribution < -0.4 is 25.0 Å². The molecule has 2 aromatic carbocycles. The Morgan fingerprint density at radius 3 is 2.28 bits per heavy atom. The van der Waals surface area contributed by atoms with Gasteiger partial charge in [-0.05, 0) is 35.9 Å². The summed E-state index contributed by atoms with van der Waals surface area (Å²) in [4.78, 5) is 6.20. The molecule has 29 heavy (non-hydrogen) atoms. The van der Waals surface area contributed by atoms with Gasteiger partial charge in [0.25, 0.3) is 0 Å². The van der Waals surface area contributed by atoms with E-state index in [9.17, 15) is 8.78 Å². The highest BCUT2D eigenvalue weighted by molar-refractivity contribution is 14.0. The maximum absolute atomic E-state index is 12.6. The van der Waals surface area contributed by atoms with Gasteiger partial charge in [-0.15, -0.1) is 24.0 Å². The van der Waals surface area contributed by atoms with Gasteiger partial charge in [0.05, 0.1) is 7.11 Å². The predicted molar refractivity (Wildman–Crippen MR) is 123 cm³/mol. The number of methoxy groups -OCH3 is 1. The van der Waals surface area contributed by atoms with Crippen LogP contribution >= 0.6 is 24.0 Å². The van der Waals surface area contributed by atoms with Gasteiger partial charge in [0, 0.05) is 45.5 Å². The van der Waals surface area contributed by atoms with Crippen molar-refractivity contribution in [1.29, 1.82) is 0 Å². The molecule has 0 radical (unpaired) electrons. The SMILES string of the molecule is CN=C(NCc1ccc(N(C)C)cc1)NCc1cc(OC)ccc1OC(F)F.I. The average Bonchev–Trinajstić information content (AvgIpc) is 2.69. The molecule has 0 aliphatic carbocycles. The van der Waals surface area contributed by atoms with Crippen molar-refractivity contribution in [3.63, 3.8) is 0 Å². The zero-order valence-corrected chi connectivity index (χ0v) is 19.2.